The van der Waals surface area contributed by atoms with Crippen LogP contribution >= 0.6 is 0 Å². The van der Waals surface area contributed by atoms with E-state index in [0.29, 0.717) is 40.7 Å². The number of benzene rings is 2. The van der Waals surface area contributed by atoms with Crippen molar-refractivity contribution in [1.29, 1.82) is 0 Å². The molecular formula is C26H30F3N3O2. The van der Waals surface area contributed by atoms with E-state index in [1.807, 2.05) is 26.0 Å². The highest BCUT2D eigenvalue weighted by Crippen LogP contribution is 2.42. The summed E-state index contributed by atoms with van der Waals surface area (Å²) in [6.45, 7) is 7.58. The summed E-state index contributed by atoms with van der Waals surface area (Å²) in [5.41, 5.74) is -0.662. The average molecular weight is 474 g/mol. The van der Waals surface area contributed by atoms with Gasteiger partial charge in [-0.05, 0) is 60.9 Å². The van der Waals surface area contributed by atoms with Gasteiger partial charge in [0, 0.05) is 17.8 Å². The number of methoxy groups -OCH3 is 1. The molecule has 0 amide bonds. The fourth-order valence-corrected chi connectivity index (χ4v) is 3.94. The molecule has 1 aromatic heterocycles. The second-order valence-electron chi connectivity index (χ2n) is 8.77. The summed E-state index contributed by atoms with van der Waals surface area (Å²) >= 11 is 0. The predicted octanol–water partition coefficient (Wildman–Crippen LogP) is 6.65. The largest absolute Gasteiger partial charge is 0.496 e. The van der Waals surface area contributed by atoms with E-state index >= 15 is 0 Å². The van der Waals surface area contributed by atoms with E-state index in [-0.39, 0.29) is 11.6 Å². The van der Waals surface area contributed by atoms with E-state index < -0.39 is 24.1 Å². The monoisotopic (exact) mass is 473 g/mol. The number of aryl methyl sites for hydroxylation is 1. The van der Waals surface area contributed by atoms with Gasteiger partial charge in [0.2, 0.25) is 0 Å². The number of hydrogen-bond donors (Lipinski definition) is 1. The molecule has 0 saturated carbocycles. The van der Waals surface area contributed by atoms with Crippen molar-refractivity contribution in [3.8, 4) is 5.75 Å². The summed E-state index contributed by atoms with van der Waals surface area (Å²) in [4.78, 5) is 12.5. The Hall–Kier alpha value is -3.00. The van der Waals surface area contributed by atoms with Crippen LogP contribution < -0.4 is 4.74 Å². The number of hydrogen-bond acceptors (Lipinski definition) is 5. The average Bonchev–Trinajstić information content (AvgIpc) is 2.79. The third-order valence-electron chi connectivity index (χ3n) is 6.05. The van der Waals surface area contributed by atoms with Gasteiger partial charge in [0.25, 0.3) is 0 Å². The minimum atomic E-state index is -4.92. The summed E-state index contributed by atoms with van der Waals surface area (Å²) in [6.07, 6.45) is -3.02. The van der Waals surface area contributed by atoms with E-state index in [0.717, 1.165) is 5.56 Å². The first-order valence-electron chi connectivity index (χ1n) is 11.2. The molecule has 0 spiro atoms. The number of aliphatic imine (C=N–C) groups is 1. The third kappa shape index (κ3) is 5.38. The number of aliphatic hydroxyl groups is 1. The molecule has 8 heteroatoms. The van der Waals surface area contributed by atoms with Crippen LogP contribution in [0.3, 0.4) is 0 Å². The first kappa shape index (κ1) is 25.6. The summed E-state index contributed by atoms with van der Waals surface area (Å²) in [6, 6.07) is 10.5. The van der Waals surface area contributed by atoms with Gasteiger partial charge in [0.1, 0.15) is 11.6 Å². The van der Waals surface area contributed by atoms with Crippen LogP contribution in [-0.4, -0.2) is 40.2 Å². The standard InChI is InChI=1S/C26H30F3N3O2/c1-6-18(20-11-10-19(16(2)3)12-24(20)34-5)13-25(33,26(27,28)29)15-31-22-8-7-9-23-21(22)14-30-17(4)32-23/h7-12,14-16,18,33H,6,13H2,1-5H3/b31-15+. The topological polar surface area (TPSA) is 67.6 Å². The zero-order valence-electron chi connectivity index (χ0n) is 20.0. The molecule has 2 unspecified atom stereocenters. The molecule has 0 radical (unpaired) electrons. The molecular weight excluding hydrogens is 443 g/mol. The lowest BCUT2D eigenvalue weighted by molar-refractivity contribution is -0.232. The predicted molar refractivity (Wildman–Crippen MR) is 128 cm³/mol. The smallest absolute Gasteiger partial charge is 0.422 e. The molecule has 3 aromatic rings. The van der Waals surface area contributed by atoms with Crippen molar-refractivity contribution in [3.63, 3.8) is 0 Å². The molecule has 5 nitrogen and oxygen atoms in total. The van der Waals surface area contributed by atoms with Crippen LogP contribution in [0.15, 0.2) is 47.6 Å². The van der Waals surface area contributed by atoms with Crippen molar-refractivity contribution in [1.82, 2.24) is 9.97 Å². The van der Waals surface area contributed by atoms with Gasteiger partial charge in [-0.1, -0.05) is 39.0 Å². The Balaban J connectivity index is 2.00. The van der Waals surface area contributed by atoms with Crippen LogP contribution in [0.5, 0.6) is 5.75 Å². The summed E-state index contributed by atoms with van der Waals surface area (Å²) in [5.74, 6) is 0.702. The lowest BCUT2D eigenvalue weighted by Gasteiger charge is -2.31. The Morgan fingerprint density at radius 2 is 1.91 bits per heavy atom. The van der Waals surface area contributed by atoms with Gasteiger partial charge in [-0.15, -0.1) is 0 Å². The van der Waals surface area contributed by atoms with Crippen molar-refractivity contribution in [2.24, 2.45) is 4.99 Å². The first-order valence-corrected chi connectivity index (χ1v) is 11.2. The fourth-order valence-electron chi connectivity index (χ4n) is 3.94. The summed E-state index contributed by atoms with van der Waals surface area (Å²) in [5, 5.41) is 11.4. The molecule has 3 rings (SSSR count). The van der Waals surface area contributed by atoms with E-state index in [1.165, 1.54) is 13.3 Å². The van der Waals surface area contributed by atoms with E-state index in [4.69, 9.17) is 4.74 Å². The van der Waals surface area contributed by atoms with Gasteiger partial charge in [-0.3, -0.25) is 4.99 Å². The number of fused-ring (bicyclic) bond motifs is 1. The second-order valence-corrected chi connectivity index (χ2v) is 8.77. The zero-order chi connectivity index (χ0) is 25.1. The number of aromatic nitrogens is 2. The highest BCUT2D eigenvalue weighted by atomic mass is 19.4. The molecule has 2 atom stereocenters. The minimum absolute atomic E-state index is 0.246. The molecule has 0 bridgehead atoms. The zero-order valence-corrected chi connectivity index (χ0v) is 20.0. The van der Waals surface area contributed by atoms with Gasteiger partial charge in [-0.25, -0.2) is 9.97 Å². The Labute approximate surface area is 197 Å². The summed E-state index contributed by atoms with van der Waals surface area (Å²) < 4.78 is 47.9. The maximum absolute atomic E-state index is 14.1. The number of alkyl halides is 3. The molecule has 34 heavy (non-hydrogen) atoms. The van der Waals surface area contributed by atoms with Crippen molar-refractivity contribution in [3.05, 3.63) is 59.5 Å². The van der Waals surface area contributed by atoms with Gasteiger partial charge in [0.05, 0.1) is 18.3 Å². The molecule has 2 aromatic carbocycles. The van der Waals surface area contributed by atoms with Crippen molar-refractivity contribution in [2.45, 2.75) is 64.1 Å². The summed E-state index contributed by atoms with van der Waals surface area (Å²) in [7, 11) is 1.50. The Kier molecular flexibility index (Phi) is 7.60. The van der Waals surface area contributed by atoms with E-state index in [9.17, 15) is 18.3 Å². The van der Waals surface area contributed by atoms with Crippen LogP contribution in [0.25, 0.3) is 10.9 Å². The Morgan fingerprint density at radius 3 is 2.53 bits per heavy atom. The van der Waals surface area contributed by atoms with Gasteiger partial charge in [0.15, 0.2) is 5.60 Å². The number of ether oxygens (including phenoxy) is 1. The Bertz CT molecular complexity index is 1180. The van der Waals surface area contributed by atoms with E-state index in [2.05, 4.69) is 15.0 Å². The molecule has 0 aliphatic carbocycles. The minimum Gasteiger partial charge on any atom is -0.496 e. The lowest BCUT2D eigenvalue weighted by atomic mass is 9.83. The van der Waals surface area contributed by atoms with Crippen LogP contribution in [-0.2, 0) is 0 Å². The van der Waals surface area contributed by atoms with Crippen molar-refractivity contribution in [2.75, 3.05) is 7.11 Å². The number of rotatable bonds is 8. The highest BCUT2D eigenvalue weighted by Gasteiger charge is 2.53. The SMILES string of the molecule is CCC(CC(O)(/C=N/c1cccc2nc(C)ncc12)C(F)(F)F)c1ccc(C(C)C)cc1OC. The van der Waals surface area contributed by atoms with Gasteiger partial charge in [-0.2, -0.15) is 13.2 Å². The normalized spacial score (nSPS) is 15.1. The van der Waals surface area contributed by atoms with Crippen LogP contribution in [0, 0.1) is 6.92 Å². The maximum atomic E-state index is 14.1. The van der Waals surface area contributed by atoms with Gasteiger partial charge >= 0.3 is 6.18 Å². The van der Waals surface area contributed by atoms with E-state index in [1.54, 1.807) is 38.1 Å². The van der Waals surface area contributed by atoms with Crippen molar-refractivity contribution < 1.29 is 23.0 Å². The van der Waals surface area contributed by atoms with Crippen LogP contribution in [0.2, 0.25) is 0 Å². The molecule has 1 heterocycles. The molecule has 0 aliphatic rings. The Morgan fingerprint density at radius 1 is 1.18 bits per heavy atom. The highest BCUT2D eigenvalue weighted by molar-refractivity contribution is 5.91. The lowest BCUT2D eigenvalue weighted by Crippen LogP contribution is -2.47. The quantitative estimate of drug-likeness (QED) is 0.372. The molecule has 0 saturated heterocycles. The first-order chi connectivity index (χ1) is 16.0. The second kappa shape index (κ2) is 10.1. The maximum Gasteiger partial charge on any atom is 0.422 e. The molecule has 0 aliphatic heterocycles. The van der Waals surface area contributed by atoms with Crippen molar-refractivity contribution >= 4 is 22.8 Å². The fraction of sp³-hybridized carbons (Fsp3) is 0.423. The van der Waals surface area contributed by atoms with Crippen LogP contribution in [0.1, 0.15) is 62.4 Å². The van der Waals surface area contributed by atoms with Crippen LogP contribution in [0.4, 0.5) is 18.9 Å². The third-order valence-corrected chi connectivity index (χ3v) is 6.05. The molecule has 182 valence electrons. The molecule has 1 N–H and O–H groups in total. The molecule has 0 fully saturated rings. The number of halogens is 3. The number of nitrogens with zero attached hydrogens (tertiary/aromatic N) is 3. The van der Waals surface area contributed by atoms with Gasteiger partial charge < -0.3 is 9.84 Å².